The number of guanidine groups is 1. The van der Waals surface area contributed by atoms with Crippen LogP contribution in [0, 0.1) is 0 Å². The molecule has 1 aromatic rings. The molecule has 2 heterocycles. The zero-order valence-electron chi connectivity index (χ0n) is 12.1. The van der Waals surface area contributed by atoms with Crippen molar-refractivity contribution in [1.29, 1.82) is 0 Å². The van der Waals surface area contributed by atoms with Crippen LogP contribution in [0.3, 0.4) is 0 Å². The minimum absolute atomic E-state index is 0.126. The van der Waals surface area contributed by atoms with Gasteiger partial charge in [0.25, 0.3) is 0 Å². The number of amides is 1. The molecule has 110 valence electrons. The molecule has 0 unspecified atom stereocenters. The van der Waals surface area contributed by atoms with E-state index in [4.69, 9.17) is 0 Å². The van der Waals surface area contributed by atoms with Gasteiger partial charge in [0.15, 0.2) is 5.96 Å². The Labute approximate surface area is 124 Å². The lowest BCUT2D eigenvalue weighted by Crippen LogP contribution is -2.45. The Morgan fingerprint density at radius 1 is 1.50 bits per heavy atom. The molecule has 5 nitrogen and oxygen atoms in total. The van der Waals surface area contributed by atoms with Gasteiger partial charge in [-0.2, -0.15) is 0 Å². The van der Waals surface area contributed by atoms with Gasteiger partial charge in [-0.25, -0.2) is 0 Å². The zero-order valence-corrected chi connectivity index (χ0v) is 12.9. The summed E-state index contributed by atoms with van der Waals surface area (Å²) in [7, 11) is 1.72. The number of nitrogens with one attached hydrogen (secondary N) is 2. The van der Waals surface area contributed by atoms with Crippen molar-refractivity contribution < 1.29 is 4.79 Å². The third kappa shape index (κ3) is 3.72. The maximum absolute atomic E-state index is 12.2. The molecular formula is C14H22N4OS. The van der Waals surface area contributed by atoms with Crippen LogP contribution in [0.25, 0.3) is 0 Å². The number of carbonyl (C=O) groups is 1. The predicted molar refractivity (Wildman–Crippen MR) is 83.1 cm³/mol. The molecule has 2 N–H and O–H groups in total. The molecule has 0 saturated carbocycles. The van der Waals surface area contributed by atoms with Gasteiger partial charge in [0.2, 0.25) is 5.91 Å². The minimum Gasteiger partial charge on any atom is -0.356 e. The van der Waals surface area contributed by atoms with E-state index in [9.17, 15) is 4.79 Å². The van der Waals surface area contributed by atoms with Crippen molar-refractivity contribution in [2.45, 2.75) is 26.3 Å². The molecule has 1 amide bonds. The van der Waals surface area contributed by atoms with Gasteiger partial charge in [0.05, 0.1) is 6.54 Å². The van der Waals surface area contributed by atoms with E-state index < -0.39 is 0 Å². The van der Waals surface area contributed by atoms with Crippen molar-refractivity contribution >= 4 is 23.2 Å². The van der Waals surface area contributed by atoms with Crippen LogP contribution in [0.15, 0.2) is 16.4 Å². The van der Waals surface area contributed by atoms with Gasteiger partial charge >= 0.3 is 0 Å². The van der Waals surface area contributed by atoms with Gasteiger partial charge in [-0.05, 0) is 29.9 Å². The van der Waals surface area contributed by atoms with Crippen LogP contribution in [0.2, 0.25) is 0 Å². The van der Waals surface area contributed by atoms with Crippen molar-refractivity contribution in [3.63, 3.8) is 0 Å². The topological polar surface area (TPSA) is 56.7 Å². The molecule has 0 saturated heterocycles. The molecule has 0 spiro atoms. The van der Waals surface area contributed by atoms with Crippen molar-refractivity contribution in [3.8, 4) is 0 Å². The van der Waals surface area contributed by atoms with Crippen LogP contribution in [0.4, 0.5) is 0 Å². The summed E-state index contributed by atoms with van der Waals surface area (Å²) in [5.41, 5.74) is 1.29. The minimum atomic E-state index is 0.126. The Kier molecular flexibility index (Phi) is 5.40. The zero-order chi connectivity index (χ0) is 14.4. The number of fused-ring (bicyclic) bond motifs is 1. The van der Waals surface area contributed by atoms with E-state index in [1.165, 1.54) is 10.4 Å². The Bertz CT molecular complexity index is 483. The van der Waals surface area contributed by atoms with Crippen molar-refractivity contribution in [2.24, 2.45) is 4.99 Å². The Hall–Kier alpha value is -1.56. The van der Waals surface area contributed by atoms with Gasteiger partial charge in [0, 0.05) is 31.6 Å². The second kappa shape index (κ2) is 7.28. The fourth-order valence-electron chi connectivity index (χ4n) is 2.20. The molecule has 0 aromatic carbocycles. The summed E-state index contributed by atoms with van der Waals surface area (Å²) in [6.45, 7) is 4.80. The summed E-state index contributed by atoms with van der Waals surface area (Å²) in [6.07, 6.45) is 2.00. The van der Waals surface area contributed by atoms with Gasteiger partial charge < -0.3 is 15.5 Å². The fourth-order valence-corrected chi connectivity index (χ4v) is 3.09. The molecule has 20 heavy (non-hydrogen) atoms. The van der Waals surface area contributed by atoms with Gasteiger partial charge in [-0.1, -0.05) is 6.92 Å². The second-order valence-corrected chi connectivity index (χ2v) is 5.79. The lowest BCUT2D eigenvalue weighted by molar-refractivity contribution is -0.130. The monoisotopic (exact) mass is 294 g/mol. The smallest absolute Gasteiger partial charge is 0.242 e. The first-order valence-corrected chi connectivity index (χ1v) is 7.90. The van der Waals surface area contributed by atoms with Crippen LogP contribution in [-0.4, -0.2) is 43.4 Å². The maximum Gasteiger partial charge on any atom is 0.242 e. The predicted octanol–water partition coefficient (Wildman–Crippen LogP) is 1.21. The number of rotatable bonds is 4. The Morgan fingerprint density at radius 2 is 2.35 bits per heavy atom. The van der Waals surface area contributed by atoms with Crippen LogP contribution in [0.5, 0.6) is 0 Å². The average molecular weight is 294 g/mol. The van der Waals surface area contributed by atoms with Crippen LogP contribution >= 0.6 is 11.3 Å². The molecule has 1 aromatic heterocycles. The maximum atomic E-state index is 12.2. The summed E-state index contributed by atoms with van der Waals surface area (Å²) < 4.78 is 0. The Morgan fingerprint density at radius 3 is 3.10 bits per heavy atom. The van der Waals surface area contributed by atoms with E-state index in [0.717, 1.165) is 32.5 Å². The van der Waals surface area contributed by atoms with Gasteiger partial charge in [0.1, 0.15) is 0 Å². The number of hydrogen-bond acceptors (Lipinski definition) is 3. The standard InChI is InChI=1S/C14H22N4OS/c1-3-6-16-14(15-2)17-9-13(19)18-7-4-12-11(10-18)5-8-20-12/h5,8H,3-4,6-7,9-10H2,1-2H3,(H2,15,16,17). The van der Waals surface area contributed by atoms with E-state index in [1.54, 1.807) is 18.4 Å². The SMILES string of the molecule is CCCNC(=NC)NCC(=O)N1CCc2sccc2C1. The number of carbonyl (C=O) groups excluding carboxylic acids is 1. The summed E-state index contributed by atoms with van der Waals surface area (Å²) in [4.78, 5) is 19.6. The normalized spacial score (nSPS) is 14.9. The van der Waals surface area contributed by atoms with Crippen LogP contribution in [0.1, 0.15) is 23.8 Å². The average Bonchev–Trinajstić information content (AvgIpc) is 2.94. The molecule has 0 atom stereocenters. The largest absolute Gasteiger partial charge is 0.356 e. The van der Waals surface area contributed by atoms with E-state index in [-0.39, 0.29) is 5.91 Å². The third-order valence-corrected chi connectivity index (χ3v) is 4.36. The third-order valence-electron chi connectivity index (χ3n) is 3.33. The summed E-state index contributed by atoms with van der Waals surface area (Å²) in [6, 6.07) is 2.12. The summed E-state index contributed by atoms with van der Waals surface area (Å²) in [5.74, 6) is 0.815. The first kappa shape index (κ1) is 14.8. The van der Waals surface area contributed by atoms with E-state index in [2.05, 4.69) is 34.0 Å². The number of aliphatic imine (C=N–C) groups is 1. The highest BCUT2D eigenvalue weighted by molar-refractivity contribution is 7.10. The van der Waals surface area contributed by atoms with Crippen molar-refractivity contribution in [2.75, 3.05) is 26.7 Å². The molecule has 0 bridgehead atoms. The van der Waals surface area contributed by atoms with Crippen LogP contribution < -0.4 is 10.6 Å². The molecule has 2 rings (SSSR count). The first-order valence-electron chi connectivity index (χ1n) is 7.02. The molecule has 1 aliphatic heterocycles. The lowest BCUT2D eigenvalue weighted by atomic mass is 10.1. The summed E-state index contributed by atoms with van der Waals surface area (Å²) in [5, 5.41) is 8.33. The van der Waals surface area contributed by atoms with Gasteiger partial charge in [-0.15, -0.1) is 11.3 Å². The number of hydrogen-bond donors (Lipinski definition) is 2. The molecular weight excluding hydrogens is 272 g/mol. The Balaban J connectivity index is 1.81. The quantitative estimate of drug-likeness (QED) is 0.648. The number of nitrogens with zero attached hydrogens (tertiary/aromatic N) is 2. The van der Waals surface area contributed by atoms with E-state index in [1.807, 2.05) is 4.90 Å². The molecule has 0 aliphatic carbocycles. The molecule has 6 heteroatoms. The van der Waals surface area contributed by atoms with Crippen molar-refractivity contribution in [1.82, 2.24) is 15.5 Å². The second-order valence-electron chi connectivity index (χ2n) is 4.79. The first-order chi connectivity index (χ1) is 9.74. The molecule has 0 radical (unpaired) electrons. The molecule has 0 fully saturated rings. The number of thiophene rings is 1. The molecule has 1 aliphatic rings. The lowest BCUT2D eigenvalue weighted by Gasteiger charge is -2.27. The van der Waals surface area contributed by atoms with Crippen molar-refractivity contribution in [3.05, 3.63) is 21.9 Å². The highest BCUT2D eigenvalue weighted by Crippen LogP contribution is 2.23. The van der Waals surface area contributed by atoms with Crippen LogP contribution in [-0.2, 0) is 17.8 Å². The van der Waals surface area contributed by atoms with Gasteiger partial charge in [-0.3, -0.25) is 9.79 Å². The highest BCUT2D eigenvalue weighted by atomic mass is 32.1. The summed E-state index contributed by atoms with van der Waals surface area (Å²) >= 11 is 1.79. The highest BCUT2D eigenvalue weighted by Gasteiger charge is 2.21. The fraction of sp³-hybridized carbons (Fsp3) is 0.571. The van der Waals surface area contributed by atoms with E-state index >= 15 is 0 Å². The van der Waals surface area contributed by atoms with E-state index in [0.29, 0.717) is 12.5 Å².